The fourth-order valence-corrected chi connectivity index (χ4v) is 3.22. The number of rotatable bonds is 5. The van der Waals surface area contributed by atoms with Crippen molar-refractivity contribution in [2.45, 2.75) is 0 Å². The standard InChI is InChI=1S/C23H23N5O/c29-23(14-11-19-7-3-1-4-8-19)28-17-15-27(16-18-28)22-13-12-21(25-26-22)24-20-9-5-2-6-10-20/h1-14H,15-18H2,(H,24,25). The van der Waals surface area contributed by atoms with E-state index in [9.17, 15) is 4.79 Å². The zero-order valence-corrected chi connectivity index (χ0v) is 16.1. The summed E-state index contributed by atoms with van der Waals surface area (Å²) < 4.78 is 0. The quantitative estimate of drug-likeness (QED) is 0.680. The van der Waals surface area contributed by atoms with Crippen molar-refractivity contribution in [3.8, 4) is 0 Å². The molecule has 1 aliphatic rings. The smallest absolute Gasteiger partial charge is 0.246 e. The number of carbonyl (C=O) groups is 1. The lowest BCUT2D eigenvalue weighted by atomic mass is 10.2. The molecule has 1 fully saturated rings. The van der Waals surface area contributed by atoms with Crippen molar-refractivity contribution in [3.05, 3.63) is 84.4 Å². The fraction of sp³-hybridized carbons (Fsp3) is 0.174. The van der Waals surface area contributed by atoms with Gasteiger partial charge in [-0.1, -0.05) is 48.5 Å². The van der Waals surface area contributed by atoms with Gasteiger partial charge in [0.25, 0.3) is 0 Å². The monoisotopic (exact) mass is 385 g/mol. The molecule has 0 saturated carbocycles. The SMILES string of the molecule is O=C(C=Cc1ccccc1)N1CCN(c2ccc(Nc3ccccc3)nn2)CC1. The molecule has 146 valence electrons. The summed E-state index contributed by atoms with van der Waals surface area (Å²) in [5.74, 6) is 1.58. The van der Waals surface area contributed by atoms with Gasteiger partial charge in [-0.2, -0.15) is 0 Å². The van der Waals surface area contributed by atoms with E-state index in [0.29, 0.717) is 18.9 Å². The normalized spacial score (nSPS) is 14.2. The maximum Gasteiger partial charge on any atom is 0.246 e. The lowest BCUT2D eigenvalue weighted by Gasteiger charge is -2.34. The summed E-state index contributed by atoms with van der Waals surface area (Å²) in [6.07, 6.45) is 3.51. The van der Waals surface area contributed by atoms with E-state index in [0.717, 1.165) is 30.2 Å². The molecule has 1 aromatic heterocycles. The van der Waals surface area contributed by atoms with Gasteiger partial charge in [0.05, 0.1) is 0 Å². The van der Waals surface area contributed by atoms with Crippen molar-refractivity contribution in [2.24, 2.45) is 0 Å². The molecular formula is C23H23N5O. The summed E-state index contributed by atoms with van der Waals surface area (Å²) in [6.45, 7) is 2.82. The van der Waals surface area contributed by atoms with Gasteiger partial charge in [-0.05, 0) is 35.9 Å². The minimum Gasteiger partial charge on any atom is -0.352 e. The average molecular weight is 385 g/mol. The third-order valence-electron chi connectivity index (χ3n) is 4.83. The van der Waals surface area contributed by atoms with Crippen molar-refractivity contribution >= 4 is 29.3 Å². The molecule has 0 bridgehead atoms. The second-order valence-corrected chi connectivity index (χ2v) is 6.82. The van der Waals surface area contributed by atoms with E-state index in [1.54, 1.807) is 6.08 Å². The predicted molar refractivity (Wildman–Crippen MR) is 116 cm³/mol. The summed E-state index contributed by atoms with van der Waals surface area (Å²) >= 11 is 0. The third kappa shape index (κ3) is 4.99. The van der Waals surface area contributed by atoms with Crippen molar-refractivity contribution < 1.29 is 4.79 Å². The van der Waals surface area contributed by atoms with Gasteiger partial charge in [0.2, 0.25) is 5.91 Å². The van der Waals surface area contributed by atoms with Crippen molar-refractivity contribution in [1.82, 2.24) is 15.1 Å². The molecule has 0 radical (unpaired) electrons. The molecule has 29 heavy (non-hydrogen) atoms. The first kappa shape index (κ1) is 18.7. The minimum atomic E-state index is 0.0435. The number of carbonyl (C=O) groups excluding carboxylic acids is 1. The van der Waals surface area contributed by atoms with E-state index >= 15 is 0 Å². The first-order valence-electron chi connectivity index (χ1n) is 9.71. The molecule has 4 rings (SSSR count). The van der Waals surface area contributed by atoms with Gasteiger partial charge in [-0.25, -0.2) is 0 Å². The number of hydrogen-bond donors (Lipinski definition) is 1. The number of amides is 1. The Hall–Kier alpha value is -3.67. The number of anilines is 3. The molecule has 6 nitrogen and oxygen atoms in total. The Kier molecular flexibility index (Phi) is 5.81. The summed E-state index contributed by atoms with van der Waals surface area (Å²) in [4.78, 5) is 16.4. The molecule has 0 aliphatic carbocycles. The second-order valence-electron chi connectivity index (χ2n) is 6.82. The molecule has 2 heterocycles. The van der Waals surface area contributed by atoms with E-state index in [1.165, 1.54) is 0 Å². The second kappa shape index (κ2) is 9.01. The van der Waals surface area contributed by atoms with Crippen LogP contribution in [-0.4, -0.2) is 47.2 Å². The van der Waals surface area contributed by atoms with Crippen LogP contribution >= 0.6 is 0 Å². The van der Waals surface area contributed by atoms with Gasteiger partial charge in [0.15, 0.2) is 11.6 Å². The number of hydrogen-bond acceptors (Lipinski definition) is 5. The summed E-state index contributed by atoms with van der Waals surface area (Å²) in [7, 11) is 0. The Bertz CT molecular complexity index is 950. The maximum atomic E-state index is 12.4. The molecule has 1 aliphatic heterocycles. The summed E-state index contributed by atoms with van der Waals surface area (Å²) in [5, 5.41) is 11.8. The van der Waals surface area contributed by atoms with Crippen LogP contribution in [0, 0.1) is 0 Å². The molecule has 0 unspecified atom stereocenters. The van der Waals surface area contributed by atoms with E-state index in [-0.39, 0.29) is 5.91 Å². The number of aromatic nitrogens is 2. The van der Waals surface area contributed by atoms with Crippen LogP contribution in [0.4, 0.5) is 17.3 Å². The highest BCUT2D eigenvalue weighted by Crippen LogP contribution is 2.17. The van der Waals surface area contributed by atoms with Crippen LogP contribution in [0.3, 0.4) is 0 Å². The first-order chi connectivity index (χ1) is 14.3. The number of nitrogens with zero attached hydrogens (tertiary/aromatic N) is 4. The molecule has 0 spiro atoms. The number of benzene rings is 2. The Morgan fingerprint density at radius 2 is 1.52 bits per heavy atom. The molecule has 3 aromatic rings. The highest BCUT2D eigenvalue weighted by Gasteiger charge is 2.20. The summed E-state index contributed by atoms with van der Waals surface area (Å²) in [6, 6.07) is 23.6. The van der Waals surface area contributed by atoms with Crippen LogP contribution in [0.15, 0.2) is 78.9 Å². The third-order valence-corrected chi connectivity index (χ3v) is 4.83. The Morgan fingerprint density at radius 3 is 2.17 bits per heavy atom. The van der Waals surface area contributed by atoms with E-state index < -0.39 is 0 Å². The molecule has 0 atom stereocenters. The van der Waals surface area contributed by atoms with Crippen molar-refractivity contribution in [1.29, 1.82) is 0 Å². The van der Waals surface area contributed by atoms with E-state index in [1.807, 2.05) is 83.8 Å². The molecule has 6 heteroatoms. The van der Waals surface area contributed by atoms with Gasteiger partial charge in [-0.3, -0.25) is 4.79 Å². The van der Waals surface area contributed by atoms with Crippen molar-refractivity contribution in [2.75, 3.05) is 36.4 Å². The minimum absolute atomic E-state index is 0.0435. The van der Waals surface area contributed by atoms with Gasteiger partial charge >= 0.3 is 0 Å². The summed E-state index contributed by atoms with van der Waals surface area (Å²) in [5.41, 5.74) is 2.00. The first-order valence-corrected chi connectivity index (χ1v) is 9.71. The van der Waals surface area contributed by atoms with Crippen LogP contribution in [0.1, 0.15) is 5.56 Å². The molecule has 1 saturated heterocycles. The van der Waals surface area contributed by atoms with Gasteiger partial charge in [0, 0.05) is 37.9 Å². The number of piperazine rings is 1. The molecular weight excluding hydrogens is 362 g/mol. The fourth-order valence-electron chi connectivity index (χ4n) is 3.22. The number of nitrogens with one attached hydrogen (secondary N) is 1. The van der Waals surface area contributed by atoms with E-state index in [2.05, 4.69) is 20.4 Å². The Morgan fingerprint density at radius 1 is 0.828 bits per heavy atom. The lowest BCUT2D eigenvalue weighted by Crippen LogP contribution is -2.48. The molecule has 2 aromatic carbocycles. The predicted octanol–water partition coefficient (Wildman–Crippen LogP) is 3.58. The van der Waals surface area contributed by atoms with Crippen LogP contribution in [0.5, 0.6) is 0 Å². The van der Waals surface area contributed by atoms with Crippen LogP contribution < -0.4 is 10.2 Å². The molecule has 1 amide bonds. The van der Waals surface area contributed by atoms with Gasteiger partial charge in [-0.15, -0.1) is 10.2 Å². The lowest BCUT2D eigenvalue weighted by molar-refractivity contribution is -0.126. The van der Waals surface area contributed by atoms with Crippen molar-refractivity contribution in [3.63, 3.8) is 0 Å². The highest BCUT2D eigenvalue weighted by atomic mass is 16.2. The highest BCUT2D eigenvalue weighted by molar-refractivity contribution is 5.91. The number of para-hydroxylation sites is 1. The molecule has 1 N–H and O–H groups in total. The largest absolute Gasteiger partial charge is 0.352 e. The zero-order valence-electron chi connectivity index (χ0n) is 16.1. The van der Waals surface area contributed by atoms with Gasteiger partial charge < -0.3 is 15.1 Å². The van der Waals surface area contributed by atoms with Gasteiger partial charge in [0.1, 0.15) is 0 Å². The van der Waals surface area contributed by atoms with Crippen LogP contribution in [0.25, 0.3) is 6.08 Å². The Balaban J connectivity index is 1.30. The maximum absolute atomic E-state index is 12.4. The van der Waals surface area contributed by atoms with Crippen LogP contribution in [0.2, 0.25) is 0 Å². The zero-order chi connectivity index (χ0) is 19.9. The van der Waals surface area contributed by atoms with E-state index in [4.69, 9.17) is 0 Å². The van der Waals surface area contributed by atoms with Crippen LogP contribution in [-0.2, 0) is 4.79 Å². The topological polar surface area (TPSA) is 61.4 Å². The average Bonchev–Trinajstić information content (AvgIpc) is 2.79. The Labute approximate surface area is 170 Å².